The maximum absolute atomic E-state index is 6.16. The minimum atomic E-state index is -0.289. The third kappa shape index (κ3) is 2.21. The predicted octanol–water partition coefficient (Wildman–Crippen LogP) is 2.57. The van der Waals surface area contributed by atoms with Crippen molar-refractivity contribution in [3.8, 4) is 0 Å². The zero-order valence-electron chi connectivity index (χ0n) is 12.5. The van der Waals surface area contributed by atoms with Crippen LogP contribution in [0.15, 0.2) is 12.3 Å². The fraction of sp³-hybridized carbons (Fsp3) is 0.667. The highest BCUT2D eigenvalue weighted by Crippen LogP contribution is 2.41. The molecule has 19 heavy (non-hydrogen) atoms. The lowest BCUT2D eigenvalue weighted by Gasteiger charge is -2.32. The lowest BCUT2D eigenvalue weighted by atomic mass is 9.76. The molecular weight excluding hydrogens is 237 g/mol. The molecule has 0 unspecified atom stereocenters. The van der Waals surface area contributed by atoms with Gasteiger partial charge in [-0.15, -0.1) is 0 Å². The smallest absolute Gasteiger partial charge is 0.399 e. The Balaban J connectivity index is 1.97. The standard InChI is InChI=1S/C15H22BNO2/c1-10-8-12(13(17-9-10)11-6-7-11)16-18-14(2,3)15(4,5)19-16/h8-9,11H,6-7H2,1-5H3. The van der Waals surface area contributed by atoms with E-state index in [2.05, 4.69) is 45.7 Å². The molecule has 2 fully saturated rings. The summed E-state index contributed by atoms with van der Waals surface area (Å²) in [7, 11) is -0.284. The number of nitrogens with zero attached hydrogens (tertiary/aromatic N) is 1. The van der Waals surface area contributed by atoms with E-state index in [1.165, 1.54) is 18.5 Å². The molecular formula is C15H22BNO2. The van der Waals surface area contributed by atoms with Crippen molar-refractivity contribution in [3.63, 3.8) is 0 Å². The lowest BCUT2D eigenvalue weighted by molar-refractivity contribution is 0.00578. The van der Waals surface area contributed by atoms with E-state index < -0.39 is 0 Å². The topological polar surface area (TPSA) is 31.4 Å². The molecule has 0 bridgehead atoms. The molecule has 4 heteroatoms. The van der Waals surface area contributed by atoms with Gasteiger partial charge < -0.3 is 9.31 Å². The molecule has 0 atom stereocenters. The molecule has 1 aromatic heterocycles. The second-order valence-electron chi connectivity index (χ2n) is 6.85. The normalized spacial score (nSPS) is 24.8. The Bertz CT molecular complexity index is 493. The van der Waals surface area contributed by atoms with E-state index in [1.54, 1.807) is 0 Å². The van der Waals surface area contributed by atoms with Crippen molar-refractivity contribution in [2.24, 2.45) is 0 Å². The van der Waals surface area contributed by atoms with Crippen molar-refractivity contribution >= 4 is 12.6 Å². The summed E-state index contributed by atoms with van der Waals surface area (Å²) in [5, 5.41) is 0. The van der Waals surface area contributed by atoms with Crippen LogP contribution in [0.25, 0.3) is 0 Å². The Labute approximate surface area is 115 Å². The van der Waals surface area contributed by atoms with Crippen LogP contribution in [-0.4, -0.2) is 23.3 Å². The lowest BCUT2D eigenvalue weighted by Crippen LogP contribution is -2.41. The molecule has 3 nitrogen and oxygen atoms in total. The second-order valence-corrected chi connectivity index (χ2v) is 6.85. The first-order chi connectivity index (χ1) is 8.80. The maximum atomic E-state index is 6.16. The SMILES string of the molecule is Cc1cnc(C2CC2)c(B2OC(C)(C)C(C)(C)O2)c1. The van der Waals surface area contributed by atoms with Gasteiger partial charge in [0.2, 0.25) is 0 Å². The summed E-state index contributed by atoms with van der Waals surface area (Å²) in [6, 6.07) is 2.17. The molecule has 102 valence electrons. The van der Waals surface area contributed by atoms with Crippen LogP contribution in [0.1, 0.15) is 57.7 Å². The van der Waals surface area contributed by atoms with Gasteiger partial charge in [-0.25, -0.2) is 0 Å². The van der Waals surface area contributed by atoms with E-state index in [0.29, 0.717) is 5.92 Å². The molecule has 1 aliphatic heterocycles. The molecule has 1 saturated heterocycles. The third-order valence-corrected chi connectivity index (χ3v) is 4.56. The van der Waals surface area contributed by atoms with Crippen LogP contribution in [0.3, 0.4) is 0 Å². The molecule has 2 heterocycles. The summed E-state index contributed by atoms with van der Waals surface area (Å²) in [6.45, 7) is 10.4. The zero-order valence-corrected chi connectivity index (χ0v) is 12.5. The number of aryl methyl sites for hydroxylation is 1. The van der Waals surface area contributed by atoms with Crippen LogP contribution >= 0.6 is 0 Å². The minimum Gasteiger partial charge on any atom is -0.399 e. The molecule has 0 spiro atoms. The summed E-state index contributed by atoms with van der Waals surface area (Å²) in [4.78, 5) is 4.62. The molecule has 0 amide bonds. The van der Waals surface area contributed by atoms with Crippen LogP contribution in [0, 0.1) is 6.92 Å². The maximum Gasteiger partial charge on any atom is 0.496 e. The third-order valence-electron chi connectivity index (χ3n) is 4.56. The first kappa shape index (κ1) is 13.1. The van der Waals surface area contributed by atoms with Crippen LogP contribution in [-0.2, 0) is 9.31 Å². The quantitative estimate of drug-likeness (QED) is 0.765. The number of aromatic nitrogens is 1. The van der Waals surface area contributed by atoms with E-state index in [-0.39, 0.29) is 18.3 Å². The first-order valence-electron chi connectivity index (χ1n) is 7.12. The van der Waals surface area contributed by atoms with E-state index in [0.717, 1.165) is 11.0 Å². The minimum absolute atomic E-state index is 0.284. The summed E-state index contributed by atoms with van der Waals surface area (Å²) in [5.74, 6) is 0.606. The highest BCUT2D eigenvalue weighted by Gasteiger charge is 2.53. The number of hydrogen-bond donors (Lipinski definition) is 0. The van der Waals surface area contributed by atoms with Crippen molar-refractivity contribution in [2.75, 3.05) is 0 Å². The van der Waals surface area contributed by atoms with Gasteiger partial charge >= 0.3 is 7.12 Å². The number of rotatable bonds is 2. The number of hydrogen-bond acceptors (Lipinski definition) is 3. The van der Waals surface area contributed by atoms with E-state index in [1.807, 2.05) is 6.20 Å². The fourth-order valence-corrected chi connectivity index (χ4v) is 2.46. The molecule has 2 aliphatic rings. The second kappa shape index (κ2) is 4.06. The van der Waals surface area contributed by atoms with E-state index in [9.17, 15) is 0 Å². The Hall–Kier alpha value is -0.865. The summed E-state index contributed by atoms with van der Waals surface area (Å²) < 4.78 is 12.3. The van der Waals surface area contributed by atoms with Crippen LogP contribution in [0.4, 0.5) is 0 Å². The number of pyridine rings is 1. The van der Waals surface area contributed by atoms with Gasteiger partial charge in [0.25, 0.3) is 0 Å². The van der Waals surface area contributed by atoms with Crippen molar-refractivity contribution in [2.45, 2.75) is 64.6 Å². The van der Waals surface area contributed by atoms with Gasteiger partial charge in [0, 0.05) is 23.3 Å². The summed E-state index contributed by atoms with van der Waals surface area (Å²) in [5.41, 5.74) is 2.88. The van der Waals surface area contributed by atoms with Crippen LogP contribution in [0.5, 0.6) is 0 Å². The largest absolute Gasteiger partial charge is 0.496 e. The van der Waals surface area contributed by atoms with Crippen molar-refractivity contribution < 1.29 is 9.31 Å². The average Bonchev–Trinajstić information content (AvgIpc) is 3.07. The van der Waals surface area contributed by atoms with Gasteiger partial charge in [0.05, 0.1) is 11.2 Å². The fourth-order valence-electron chi connectivity index (χ4n) is 2.46. The Morgan fingerprint density at radius 1 is 1.16 bits per heavy atom. The Morgan fingerprint density at radius 2 is 1.74 bits per heavy atom. The van der Waals surface area contributed by atoms with Gasteiger partial charge in [-0.3, -0.25) is 4.98 Å². The molecule has 1 aromatic rings. The average molecular weight is 259 g/mol. The van der Waals surface area contributed by atoms with Gasteiger partial charge in [-0.1, -0.05) is 6.07 Å². The van der Waals surface area contributed by atoms with Crippen LogP contribution < -0.4 is 5.46 Å². The summed E-state index contributed by atoms with van der Waals surface area (Å²) >= 11 is 0. The predicted molar refractivity (Wildman–Crippen MR) is 76.7 cm³/mol. The van der Waals surface area contributed by atoms with Crippen molar-refractivity contribution in [3.05, 3.63) is 23.5 Å². The molecule has 0 aromatic carbocycles. The van der Waals surface area contributed by atoms with Gasteiger partial charge in [0.15, 0.2) is 0 Å². The van der Waals surface area contributed by atoms with Crippen molar-refractivity contribution in [1.29, 1.82) is 0 Å². The summed E-state index contributed by atoms with van der Waals surface area (Å²) in [6.07, 6.45) is 4.42. The Morgan fingerprint density at radius 3 is 2.26 bits per heavy atom. The molecule has 3 rings (SSSR count). The molecule has 0 radical (unpaired) electrons. The highest BCUT2D eigenvalue weighted by molar-refractivity contribution is 6.62. The Kier molecular flexibility index (Phi) is 2.81. The van der Waals surface area contributed by atoms with Crippen LogP contribution in [0.2, 0.25) is 0 Å². The highest BCUT2D eigenvalue weighted by atomic mass is 16.7. The molecule has 0 N–H and O–H groups in total. The first-order valence-corrected chi connectivity index (χ1v) is 7.12. The monoisotopic (exact) mass is 259 g/mol. The van der Waals surface area contributed by atoms with Gasteiger partial charge in [-0.05, 0) is 53.0 Å². The molecule has 1 saturated carbocycles. The van der Waals surface area contributed by atoms with Gasteiger partial charge in [-0.2, -0.15) is 0 Å². The molecule has 1 aliphatic carbocycles. The van der Waals surface area contributed by atoms with E-state index >= 15 is 0 Å². The zero-order chi connectivity index (χ0) is 13.8. The van der Waals surface area contributed by atoms with E-state index in [4.69, 9.17) is 9.31 Å². The van der Waals surface area contributed by atoms with Crippen molar-refractivity contribution in [1.82, 2.24) is 4.98 Å². The van der Waals surface area contributed by atoms with Gasteiger partial charge in [0.1, 0.15) is 0 Å².